The zero-order chi connectivity index (χ0) is 48.5. The molecular formula is C46H62N4O11S2. The van der Waals surface area contributed by atoms with Gasteiger partial charge in [-0.3, -0.25) is 9.59 Å². The Morgan fingerprint density at radius 3 is 1.40 bits per heavy atom. The van der Waals surface area contributed by atoms with Gasteiger partial charge in [-0.1, -0.05) is 23.7 Å². The van der Waals surface area contributed by atoms with Crippen molar-refractivity contribution in [2.45, 2.75) is 129 Å². The molecule has 0 fully saturated rings. The summed E-state index contributed by atoms with van der Waals surface area (Å²) in [6, 6.07) is 9.82. The molecule has 0 spiro atoms. The minimum atomic E-state index is -1.43. The smallest absolute Gasteiger partial charge is 0.335 e. The van der Waals surface area contributed by atoms with Crippen LogP contribution in [0.1, 0.15) is 115 Å². The maximum absolute atomic E-state index is 12.7. The summed E-state index contributed by atoms with van der Waals surface area (Å²) in [5.41, 5.74) is 7.55. The third-order valence-corrected chi connectivity index (χ3v) is 10.9. The van der Waals surface area contributed by atoms with Crippen molar-refractivity contribution < 1.29 is 52.4 Å². The zero-order valence-electron chi connectivity index (χ0n) is 38.0. The third-order valence-electron chi connectivity index (χ3n) is 7.50. The quantitative estimate of drug-likeness (QED) is 0.113. The molecule has 0 aromatic heterocycles. The van der Waals surface area contributed by atoms with Gasteiger partial charge < -0.3 is 35.8 Å². The molecule has 2 unspecified atom stereocenters. The second-order valence-corrected chi connectivity index (χ2v) is 19.4. The van der Waals surface area contributed by atoms with E-state index in [4.69, 9.17) is 30.5 Å². The van der Waals surface area contributed by atoms with Gasteiger partial charge in [0.2, 0.25) is 0 Å². The number of esters is 2. The molecular weight excluding hydrogens is 849 g/mol. The highest BCUT2D eigenvalue weighted by atomic mass is 32.2. The van der Waals surface area contributed by atoms with Gasteiger partial charge in [0, 0.05) is 28.8 Å². The number of carbonyl (C=O) groups is 4. The molecule has 0 radical (unpaired) electrons. The number of amides is 1. The Morgan fingerprint density at radius 2 is 1.03 bits per heavy atom. The van der Waals surface area contributed by atoms with Crippen LogP contribution in [0, 0.1) is 47.4 Å². The maximum atomic E-state index is 12.7. The minimum Gasteiger partial charge on any atom is -0.478 e. The summed E-state index contributed by atoms with van der Waals surface area (Å²) in [4.78, 5) is 47.0. The van der Waals surface area contributed by atoms with E-state index in [1.54, 1.807) is 98.7 Å². The molecule has 0 bridgehead atoms. The number of aromatic carboxylic acids is 1. The first kappa shape index (κ1) is 57.7. The van der Waals surface area contributed by atoms with Crippen LogP contribution in [0.5, 0.6) is 0 Å². The molecule has 17 heteroatoms. The van der Waals surface area contributed by atoms with Crippen molar-refractivity contribution in [1.82, 2.24) is 14.8 Å². The van der Waals surface area contributed by atoms with Gasteiger partial charge in [-0.2, -0.15) is 0 Å². The summed E-state index contributed by atoms with van der Waals surface area (Å²) in [6.07, 6.45) is -1.44. The van der Waals surface area contributed by atoms with Gasteiger partial charge in [0.25, 0.3) is 5.91 Å². The SMILES string of the molecule is CCOC(=O)[C@@H](N)[C@H](C)NS(=O)C(C)(C)C.CCOC(=O)[C@@H](NC(=O)c1ccc(C#CC#C[C@H](C)O)cc1)[C@H](C)NS(=O)C(C)(C)C.C[C@H](O)C#CC#Cc1ccc(C(=O)O)cc1. The molecule has 0 aliphatic rings. The van der Waals surface area contributed by atoms with Crippen LogP contribution in [0.25, 0.3) is 0 Å². The van der Waals surface area contributed by atoms with Crippen LogP contribution in [0.2, 0.25) is 0 Å². The van der Waals surface area contributed by atoms with Gasteiger partial charge in [-0.15, -0.1) is 0 Å². The Balaban J connectivity index is 0.00000101. The molecule has 0 heterocycles. The average molecular weight is 911 g/mol. The maximum Gasteiger partial charge on any atom is 0.335 e. The van der Waals surface area contributed by atoms with Gasteiger partial charge in [0.15, 0.2) is 0 Å². The van der Waals surface area contributed by atoms with Gasteiger partial charge in [-0.25, -0.2) is 27.5 Å². The van der Waals surface area contributed by atoms with E-state index in [1.165, 1.54) is 12.1 Å². The molecule has 2 aromatic carbocycles. The average Bonchev–Trinajstić information content (AvgIpc) is 3.19. The Labute approximate surface area is 377 Å². The minimum absolute atomic E-state index is 0.158. The lowest BCUT2D eigenvalue weighted by molar-refractivity contribution is -0.146. The number of aliphatic hydroxyl groups is 2. The lowest BCUT2D eigenvalue weighted by Crippen LogP contribution is -2.55. The molecule has 0 saturated heterocycles. The molecule has 2 rings (SSSR count). The first-order valence-corrected chi connectivity index (χ1v) is 22.1. The number of hydrogen-bond acceptors (Lipinski definition) is 11. The van der Waals surface area contributed by atoms with Gasteiger partial charge >= 0.3 is 17.9 Å². The number of benzene rings is 2. The van der Waals surface area contributed by atoms with E-state index < -0.39 is 80.9 Å². The van der Waals surface area contributed by atoms with Crippen LogP contribution in [0.3, 0.4) is 0 Å². The molecule has 2 aromatic rings. The number of carboxylic acids is 1. The van der Waals surface area contributed by atoms with Crippen LogP contribution in [-0.4, -0.2) is 107 Å². The van der Waals surface area contributed by atoms with Crippen LogP contribution in [-0.2, 0) is 41.0 Å². The summed E-state index contributed by atoms with van der Waals surface area (Å²) >= 11 is 0. The van der Waals surface area contributed by atoms with Gasteiger partial charge in [0.1, 0.15) is 24.3 Å². The highest BCUT2D eigenvalue weighted by molar-refractivity contribution is 7.84. The normalized spacial score (nSPS) is 14.3. The number of ether oxygens (including phenoxy) is 2. The first-order chi connectivity index (χ1) is 29.2. The van der Waals surface area contributed by atoms with Crippen molar-refractivity contribution in [1.29, 1.82) is 0 Å². The van der Waals surface area contributed by atoms with Crippen LogP contribution in [0.15, 0.2) is 48.5 Å². The predicted molar refractivity (Wildman–Crippen MR) is 246 cm³/mol. The summed E-state index contributed by atoms with van der Waals surface area (Å²) in [5.74, 6) is 18.2. The second-order valence-electron chi connectivity index (χ2n) is 15.4. The summed E-state index contributed by atoms with van der Waals surface area (Å²) in [6.45, 7) is 21.3. The fourth-order valence-electron chi connectivity index (χ4n) is 4.01. The predicted octanol–water partition coefficient (Wildman–Crippen LogP) is 2.96. The Bertz CT molecular complexity index is 2120. The topological polar surface area (TPSA) is 244 Å². The lowest BCUT2D eigenvalue weighted by Gasteiger charge is -2.27. The number of nitrogens with one attached hydrogen (secondary N) is 3. The largest absolute Gasteiger partial charge is 0.478 e. The van der Waals surface area contributed by atoms with Crippen molar-refractivity contribution >= 4 is 45.8 Å². The molecule has 0 aliphatic carbocycles. The Hall–Kier alpha value is -5.34. The highest BCUT2D eigenvalue weighted by Gasteiger charge is 2.32. The van der Waals surface area contributed by atoms with Crippen molar-refractivity contribution in [2.24, 2.45) is 5.73 Å². The van der Waals surface area contributed by atoms with E-state index >= 15 is 0 Å². The molecule has 8 atom stereocenters. The fraction of sp³-hybridized carbons (Fsp3) is 0.478. The summed E-state index contributed by atoms with van der Waals surface area (Å²) < 4.78 is 38.8. The van der Waals surface area contributed by atoms with Crippen molar-refractivity contribution in [3.63, 3.8) is 0 Å². The molecule has 0 saturated carbocycles. The number of rotatable bonds is 13. The number of hydrogen-bond donors (Lipinski definition) is 7. The van der Waals surface area contributed by atoms with Crippen molar-refractivity contribution in [2.75, 3.05) is 13.2 Å². The summed E-state index contributed by atoms with van der Waals surface area (Å²) in [5, 5.41) is 29.2. The molecule has 1 amide bonds. The fourth-order valence-corrected chi connectivity index (χ4v) is 5.67. The zero-order valence-corrected chi connectivity index (χ0v) is 39.6. The monoisotopic (exact) mass is 910 g/mol. The number of carboxylic acid groups (broad SMARTS) is 1. The number of carbonyl (C=O) groups excluding carboxylic acids is 3. The van der Waals surface area contributed by atoms with E-state index in [9.17, 15) is 27.6 Å². The van der Waals surface area contributed by atoms with Crippen LogP contribution >= 0.6 is 0 Å². The van der Waals surface area contributed by atoms with E-state index in [1.807, 2.05) is 20.8 Å². The van der Waals surface area contributed by atoms with Gasteiger partial charge in [-0.05, 0) is 155 Å². The second kappa shape index (κ2) is 29.1. The Morgan fingerprint density at radius 1 is 0.651 bits per heavy atom. The molecule has 15 nitrogen and oxygen atoms in total. The highest BCUT2D eigenvalue weighted by Crippen LogP contribution is 2.12. The molecule has 0 aliphatic heterocycles. The van der Waals surface area contributed by atoms with Crippen LogP contribution < -0.4 is 20.5 Å². The number of nitrogens with two attached hydrogens (primary N) is 1. The first-order valence-electron chi connectivity index (χ1n) is 19.8. The van der Waals surface area contributed by atoms with E-state index in [0.717, 1.165) is 0 Å². The number of aliphatic hydroxyl groups excluding tert-OH is 2. The van der Waals surface area contributed by atoms with Crippen molar-refractivity contribution in [3.8, 4) is 47.4 Å². The third kappa shape index (κ3) is 24.8. The molecule has 8 N–H and O–H groups in total. The Kier molecular flexibility index (Phi) is 26.6. The van der Waals surface area contributed by atoms with Crippen molar-refractivity contribution in [3.05, 3.63) is 70.8 Å². The van der Waals surface area contributed by atoms with E-state index in [0.29, 0.717) is 23.3 Å². The molecule has 344 valence electrons. The standard InChI is InChI=1S/C23H30N2O5S.C13H10O3.C10H22N2O3S/c1-7-30-22(28)20(17(3)25-31(29)23(4,5)6)24-21(27)19-14-12-18(13-15-19)11-9-8-10-16(2)26;1-10(14)4-2-3-5-11-6-8-12(9-7-11)13(15)16;1-6-15-9(13)8(11)7(2)12-16(14)10(3,4)5/h12-17,20,25-26H,7H2,1-6H3,(H,24,27);6-10,14H,1H3,(H,15,16);7-8,12H,6,11H2,1-5H3/t16-,17-,20-,31?;10-;7-,8-,16?/m000/s1. The molecule has 63 heavy (non-hydrogen) atoms. The summed E-state index contributed by atoms with van der Waals surface area (Å²) in [7, 11) is -2.68. The van der Waals surface area contributed by atoms with E-state index in [2.05, 4.69) is 62.1 Å². The van der Waals surface area contributed by atoms with Crippen LogP contribution in [0.4, 0.5) is 0 Å². The lowest BCUT2D eigenvalue weighted by atomic mass is 10.1. The van der Waals surface area contributed by atoms with Gasteiger partial charge in [0.05, 0.1) is 50.2 Å². The van der Waals surface area contributed by atoms with E-state index in [-0.39, 0.29) is 23.0 Å².